The summed E-state index contributed by atoms with van der Waals surface area (Å²) < 4.78 is 10.0. The van der Waals surface area contributed by atoms with Crippen LogP contribution in [0, 0.1) is 0 Å². The molecule has 0 radical (unpaired) electrons. The molecule has 0 aliphatic carbocycles. The quantitative estimate of drug-likeness (QED) is 0.599. The summed E-state index contributed by atoms with van der Waals surface area (Å²) in [6, 6.07) is 15.0. The van der Waals surface area contributed by atoms with Crippen molar-refractivity contribution >= 4 is 24.7 Å². The molecule has 0 saturated carbocycles. The van der Waals surface area contributed by atoms with E-state index in [-0.39, 0.29) is 0 Å². The topological polar surface area (TPSA) is 52.6 Å². The Kier molecular flexibility index (Phi) is 9.01. The fraction of sp³-hybridized carbons (Fsp3) is 0.100. The average Bonchev–Trinajstić information content (AvgIpc) is 2.65. The first kappa shape index (κ1) is 18.9. The van der Waals surface area contributed by atoms with E-state index >= 15 is 0 Å². The van der Waals surface area contributed by atoms with Gasteiger partial charge in [-0.15, -0.1) is 0 Å². The van der Waals surface area contributed by atoms with Gasteiger partial charge in [-0.3, -0.25) is 9.59 Å². The van der Waals surface area contributed by atoms with Crippen molar-refractivity contribution < 1.29 is 19.1 Å². The Morgan fingerprint density at radius 1 is 0.708 bits per heavy atom. The lowest BCUT2D eigenvalue weighted by molar-refractivity contribution is -0.104. The van der Waals surface area contributed by atoms with E-state index < -0.39 is 0 Å². The smallest absolute Gasteiger partial charge is 0.142 e. The van der Waals surface area contributed by atoms with E-state index in [2.05, 4.69) is 0 Å². The van der Waals surface area contributed by atoms with Crippen LogP contribution >= 0.6 is 0 Å². The molecule has 0 heterocycles. The molecule has 0 spiro atoms. The third-order valence-corrected chi connectivity index (χ3v) is 2.92. The first-order valence-corrected chi connectivity index (χ1v) is 7.25. The Morgan fingerprint density at radius 2 is 1.12 bits per heavy atom. The lowest BCUT2D eigenvalue weighted by Gasteiger charge is -1.98. The zero-order valence-corrected chi connectivity index (χ0v) is 13.7. The van der Waals surface area contributed by atoms with Gasteiger partial charge in [-0.1, -0.05) is 36.4 Å². The lowest BCUT2D eigenvalue weighted by Crippen LogP contribution is -1.82. The summed E-state index contributed by atoms with van der Waals surface area (Å²) in [4.78, 5) is 20.0. The highest BCUT2D eigenvalue weighted by molar-refractivity contribution is 5.74. The lowest BCUT2D eigenvalue weighted by atomic mass is 10.2. The number of rotatable bonds is 6. The van der Waals surface area contributed by atoms with Crippen LogP contribution in [-0.4, -0.2) is 26.8 Å². The van der Waals surface area contributed by atoms with Crippen molar-refractivity contribution in [2.45, 2.75) is 0 Å². The minimum atomic E-state index is 0.749. The van der Waals surface area contributed by atoms with E-state index in [9.17, 15) is 9.59 Å². The molecule has 0 fully saturated rings. The number of hydrogen-bond acceptors (Lipinski definition) is 4. The van der Waals surface area contributed by atoms with Gasteiger partial charge >= 0.3 is 0 Å². The van der Waals surface area contributed by atoms with Crippen molar-refractivity contribution in [3.8, 4) is 11.5 Å². The number of carbonyl (C=O) groups excluding carboxylic acids is 2. The molecule has 0 aliphatic rings. The minimum absolute atomic E-state index is 0.749. The summed E-state index contributed by atoms with van der Waals surface area (Å²) in [5.41, 5.74) is 1.92. The number of hydrogen-bond donors (Lipinski definition) is 0. The third-order valence-electron chi connectivity index (χ3n) is 2.92. The second kappa shape index (κ2) is 11.4. The first-order valence-electron chi connectivity index (χ1n) is 7.25. The SMILES string of the molecule is COc1cccc(C=CC=O)c1.COc1cccc(C=CC=O)c1. The van der Waals surface area contributed by atoms with Gasteiger partial charge in [-0.25, -0.2) is 0 Å². The zero-order valence-electron chi connectivity index (χ0n) is 13.7. The molecule has 2 aromatic carbocycles. The van der Waals surface area contributed by atoms with Crippen molar-refractivity contribution in [2.24, 2.45) is 0 Å². The molecular weight excluding hydrogens is 304 g/mol. The molecule has 2 rings (SSSR count). The summed E-state index contributed by atoms with van der Waals surface area (Å²) >= 11 is 0. The molecule has 24 heavy (non-hydrogen) atoms. The highest BCUT2D eigenvalue weighted by atomic mass is 16.5. The summed E-state index contributed by atoms with van der Waals surface area (Å²) in [7, 11) is 3.23. The average molecular weight is 324 g/mol. The molecular formula is C20H20O4. The molecule has 4 heteroatoms. The van der Waals surface area contributed by atoms with Crippen LogP contribution in [0.5, 0.6) is 11.5 Å². The number of allylic oxidation sites excluding steroid dienone is 2. The monoisotopic (exact) mass is 324 g/mol. The fourth-order valence-electron chi connectivity index (χ4n) is 1.79. The van der Waals surface area contributed by atoms with Crippen molar-refractivity contribution in [3.63, 3.8) is 0 Å². The molecule has 0 atom stereocenters. The highest BCUT2D eigenvalue weighted by Crippen LogP contribution is 2.13. The normalized spacial score (nSPS) is 10.1. The molecule has 2 aromatic rings. The number of methoxy groups -OCH3 is 2. The van der Waals surface area contributed by atoms with Gasteiger partial charge in [0.05, 0.1) is 14.2 Å². The molecule has 0 aliphatic heterocycles. The summed E-state index contributed by atoms with van der Waals surface area (Å²) in [5, 5.41) is 0. The van der Waals surface area contributed by atoms with Crippen LogP contribution in [0.15, 0.2) is 60.7 Å². The van der Waals surface area contributed by atoms with Gasteiger partial charge in [0.1, 0.15) is 24.1 Å². The van der Waals surface area contributed by atoms with Crippen LogP contribution in [0.1, 0.15) is 11.1 Å². The van der Waals surface area contributed by atoms with E-state index in [1.54, 1.807) is 26.4 Å². The van der Waals surface area contributed by atoms with Crippen molar-refractivity contribution in [1.29, 1.82) is 0 Å². The molecule has 0 N–H and O–H groups in total. The number of ether oxygens (including phenoxy) is 2. The minimum Gasteiger partial charge on any atom is -0.497 e. The zero-order chi connectivity index (χ0) is 17.6. The molecule has 124 valence electrons. The Labute approximate surface area is 142 Å². The Bertz CT molecular complexity index is 641. The standard InChI is InChI=1S/2C10H10O2/c2*1-12-10-6-2-4-9(8-10)5-3-7-11/h2*2-8H,1H3. The molecule has 4 nitrogen and oxygen atoms in total. The van der Waals surface area contributed by atoms with Crippen LogP contribution < -0.4 is 9.47 Å². The number of carbonyl (C=O) groups is 2. The maximum atomic E-state index is 10.0. The van der Waals surface area contributed by atoms with Crippen LogP contribution in [0.4, 0.5) is 0 Å². The number of benzene rings is 2. The molecule has 0 amide bonds. The van der Waals surface area contributed by atoms with E-state index in [0.717, 1.165) is 35.2 Å². The van der Waals surface area contributed by atoms with E-state index in [4.69, 9.17) is 9.47 Å². The largest absolute Gasteiger partial charge is 0.497 e. The van der Waals surface area contributed by atoms with Gasteiger partial charge in [0, 0.05) is 0 Å². The van der Waals surface area contributed by atoms with Crippen LogP contribution in [0.3, 0.4) is 0 Å². The van der Waals surface area contributed by atoms with Gasteiger partial charge in [0.2, 0.25) is 0 Å². The summed E-state index contributed by atoms with van der Waals surface area (Å²) in [6.45, 7) is 0. The van der Waals surface area contributed by atoms with E-state index in [0.29, 0.717) is 0 Å². The van der Waals surface area contributed by atoms with E-state index in [1.807, 2.05) is 48.5 Å². The maximum Gasteiger partial charge on any atom is 0.142 e. The molecule has 0 aromatic heterocycles. The second-order valence-electron chi connectivity index (χ2n) is 4.54. The van der Waals surface area contributed by atoms with Crippen LogP contribution in [-0.2, 0) is 9.59 Å². The van der Waals surface area contributed by atoms with Crippen molar-refractivity contribution in [1.82, 2.24) is 0 Å². The van der Waals surface area contributed by atoms with Gasteiger partial charge in [-0.05, 0) is 47.5 Å². The van der Waals surface area contributed by atoms with Crippen LogP contribution in [0.25, 0.3) is 12.2 Å². The van der Waals surface area contributed by atoms with Crippen molar-refractivity contribution in [2.75, 3.05) is 14.2 Å². The molecule has 0 saturated heterocycles. The third kappa shape index (κ3) is 7.22. The van der Waals surface area contributed by atoms with E-state index in [1.165, 1.54) is 12.2 Å². The number of aldehydes is 2. The predicted octanol–water partition coefficient (Wildman–Crippen LogP) is 3.81. The van der Waals surface area contributed by atoms with Gasteiger partial charge in [0.25, 0.3) is 0 Å². The Hall–Kier alpha value is -3.14. The van der Waals surface area contributed by atoms with Crippen molar-refractivity contribution in [3.05, 3.63) is 71.8 Å². The maximum absolute atomic E-state index is 10.0. The van der Waals surface area contributed by atoms with Gasteiger partial charge < -0.3 is 9.47 Å². The highest BCUT2D eigenvalue weighted by Gasteiger charge is 1.90. The van der Waals surface area contributed by atoms with Gasteiger partial charge in [-0.2, -0.15) is 0 Å². The van der Waals surface area contributed by atoms with Crippen LogP contribution in [0.2, 0.25) is 0 Å². The predicted molar refractivity (Wildman–Crippen MR) is 96.2 cm³/mol. The Morgan fingerprint density at radius 3 is 1.46 bits per heavy atom. The summed E-state index contributed by atoms with van der Waals surface area (Å²) in [5.74, 6) is 1.59. The first-order chi connectivity index (χ1) is 11.7. The fourth-order valence-corrected chi connectivity index (χ4v) is 1.79. The second-order valence-corrected chi connectivity index (χ2v) is 4.54. The molecule has 0 bridgehead atoms. The van der Waals surface area contributed by atoms with Gasteiger partial charge in [0.15, 0.2) is 0 Å². The summed E-state index contributed by atoms with van der Waals surface area (Å²) in [6.07, 6.45) is 7.87. The molecule has 0 unspecified atom stereocenters. The Balaban J connectivity index is 0.000000240.